The fraction of sp³-hybridized carbons (Fsp3) is 0.125. The first-order valence-corrected chi connectivity index (χ1v) is 7.67. The lowest BCUT2D eigenvalue weighted by Gasteiger charge is -2.02. The van der Waals surface area contributed by atoms with Crippen molar-refractivity contribution in [3.05, 3.63) is 64.5 Å². The van der Waals surface area contributed by atoms with Crippen LogP contribution in [0.2, 0.25) is 0 Å². The molecule has 0 saturated carbocycles. The minimum absolute atomic E-state index is 0.246. The Hall–Kier alpha value is -2.60. The number of benzene rings is 1. The summed E-state index contributed by atoms with van der Waals surface area (Å²) in [5.74, 6) is -0.246. The molecule has 2 aromatic heterocycles. The zero-order valence-corrected chi connectivity index (χ0v) is 12.8. The molecule has 0 atom stereocenters. The Morgan fingerprint density at radius 3 is 2.73 bits per heavy atom. The van der Waals surface area contributed by atoms with Crippen molar-refractivity contribution in [1.82, 2.24) is 20.3 Å². The van der Waals surface area contributed by atoms with Gasteiger partial charge in [-0.3, -0.25) is 9.78 Å². The monoisotopic (exact) mass is 310 g/mol. The molecule has 0 unspecified atom stereocenters. The molecule has 0 fully saturated rings. The molecule has 2 heterocycles. The molecule has 3 rings (SSSR count). The summed E-state index contributed by atoms with van der Waals surface area (Å²) >= 11 is 1.52. The molecule has 0 aliphatic heterocycles. The normalized spacial score (nSPS) is 10.4. The van der Waals surface area contributed by atoms with Crippen LogP contribution in [0, 0.1) is 6.92 Å². The van der Waals surface area contributed by atoms with Gasteiger partial charge in [0.1, 0.15) is 10.7 Å². The van der Waals surface area contributed by atoms with Gasteiger partial charge in [-0.1, -0.05) is 30.3 Å². The van der Waals surface area contributed by atoms with Crippen LogP contribution < -0.4 is 5.32 Å². The Bertz CT molecular complexity index is 768. The average Bonchev–Trinajstić information content (AvgIpc) is 3.03. The van der Waals surface area contributed by atoms with Gasteiger partial charge in [-0.25, -0.2) is 9.97 Å². The van der Waals surface area contributed by atoms with Crippen molar-refractivity contribution in [2.75, 3.05) is 0 Å². The van der Waals surface area contributed by atoms with Gasteiger partial charge in [0.15, 0.2) is 0 Å². The lowest BCUT2D eigenvalue weighted by molar-refractivity contribution is 0.0945. The molecule has 22 heavy (non-hydrogen) atoms. The average molecular weight is 310 g/mol. The molecular formula is C16H14N4OS. The van der Waals surface area contributed by atoms with E-state index in [9.17, 15) is 4.79 Å². The number of carbonyl (C=O) groups excluding carboxylic acids is 1. The van der Waals surface area contributed by atoms with Crippen LogP contribution in [0.15, 0.2) is 48.1 Å². The topological polar surface area (TPSA) is 67.8 Å². The van der Waals surface area contributed by atoms with Gasteiger partial charge in [0.25, 0.3) is 5.91 Å². The standard InChI is InChI=1S/C16H14N4OS/c1-11-7-18-13(8-17-11)16(21)19-9-15-20-14(10-22-15)12-5-3-2-4-6-12/h2-8,10H,9H2,1H3,(H,19,21). The first-order chi connectivity index (χ1) is 10.7. The number of amides is 1. The molecule has 0 aliphatic carbocycles. The summed E-state index contributed by atoms with van der Waals surface area (Å²) in [6, 6.07) is 9.95. The molecule has 0 saturated heterocycles. The first-order valence-electron chi connectivity index (χ1n) is 6.79. The van der Waals surface area contributed by atoms with Crippen LogP contribution in [-0.4, -0.2) is 20.9 Å². The van der Waals surface area contributed by atoms with Crippen molar-refractivity contribution in [1.29, 1.82) is 0 Å². The van der Waals surface area contributed by atoms with Crippen molar-refractivity contribution < 1.29 is 4.79 Å². The summed E-state index contributed by atoms with van der Waals surface area (Å²) in [5.41, 5.74) is 3.08. The molecule has 6 heteroatoms. The molecule has 0 aliphatic rings. The van der Waals surface area contributed by atoms with Crippen molar-refractivity contribution in [2.45, 2.75) is 13.5 Å². The van der Waals surface area contributed by atoms with Gasteiger partial charge in [0.05, 0.1) is 24.1 Å². The predicted molar refractivity (Wildman–Crippen MR) is 85.5 cm³/mol. The maximum Gasteiger partial charge on any atom is 0.271 e. The van der Waals surface area contributed by atoms with E-state index in [2.05, 4.69) is 20.3 Å². The molecule has 3 aromatic rings. The first kappa shape index (κ1) is 14.3. The number of carbonyl (C=O) groups is 1. The smallest absolute Gasteiger partial charge is 0.271 e. The number of thiazole rings is 1. The van der Waals surface area contributed by atoms with Crippen LogP contribution >= 0.6 is 11.3 Å². The largest absolute Gasteiger partial charge is 0.344 e. The van der Waals surface area contributed by atoms with Crippen LogP contribution in [0.1, 0.15) is 21.2 Å². The van der Waals surface area contributed by atoms with Crippen molar-refractivity contribution in [3.63, 3.8) is 0 Å². The van der Waals surface area contributed by atoms with Crippen molar-refractivity contribution >= 4 is 17.2 Å². The predicted octanol–water partition coefficient (Wildman–Crippen LogP) is 2.84. The lowest BCUT2D eigenvalue weighted by Crippen LogP contribution is -2.23. The Morgan fingerprint density at radius 1 is 1.18 bits per heavy atom. The molecule has 0 radical (unpaired) electrons. The molecule has 1 amide bonds. The van der Waals surface area contributed by atoms with Gasteiger partial charge in [-0.05, 0) is 6.92 Å². The fourth-order valence-corrected chi connectivity index (χ4v) is 2.63. The molecule has 110 valence electrons. The quantitative estimate of drug-likeness (QED) is 0.804. The second-order valence-electron chi connectivity index (χ2n) is 4.72. The molecule has 1 N–H and O–H groups in total. The third-order valence-corrected chi connectivity index (χ3v) is 3.88. The van der Waals surface area contributed by atoms with E-state index in [0.29, 0.717) is 12.2 Å². The molecule has 0 bridgehead atoms. The Morgan fingerprint density at radius 2 is 2.00 bits per heavy atom. The maximum atomic E-state index is 12.0. The number of aromatic nitrogens is 3. The van der Waals surface area contributed by atoms with Gasteiger partial charge >= 0.3 is 0 Å². The summed E-state index contributed by atoms with van der Waals surface area (Å²) in [6.07, 6.45) is 3.05. The zero-order chi connectivity index (χ0) is 15.4. The van der Waals surface area contributed by atoms with Gasteiger partial charge < -0.3 is 5.32 Å². The maximum absolute atomic E-state index is 12.0. The third-order valence-electron chi connectivity index (χ3n) is 3.04. The van der Waals surface area contributed by atoms with Crippen molar-refractivity contribution in [3.8, 4) is 11.3 Å². The highest BCUT2D eigenvalue weighted by Gasteiger charge is 2.09. The highest BCUT2D eigenvalue weighted by molar-refractivity contribution is 7.09. The number of aryl methyl sites for hydroxylation is 1. The summed E-state index contributed by atoms with van der Waals surface area (Å²) in [5, 5.41) is 5.65. The van der Waals surface area contributed by atoms with Crippen LogP contribution in [0.3, 0.4) is 0 Å². The number of hydrogen-bond donors (Lipinski definition) is 1. The van der Waals surface area contributed by atoms with Gasteiger partial charge in [0, 0.05) is 17.1 Å². The van der Waals surface area contributed by atoms with E-state index >= 15 is 0 Å². The molecule has 1 aromatic carbocycles. The minimum Gasteiger partial charge on any atom is -0.344 e. The van der Waals surface area contributed by atoms with E-state index in [4.69, 9.17) is 0 Å². The van der Waals surface area contributed by atoms with Crippen LogP contribution in [0.4, 0.5) is 0 Å². The Balaban J connectivity index is 1.64. The SMILES string of the molecule is Cc1cnc(C(=O)NCc2nc(-c3ccccc3)cs2)cn1. The van der Waals surface area contributed by atoms with E-state index in [0.717, 1.165) is 22.0 Å². The Kier molecular flexibility index (Phi) is 4.20. The Labute approximate surface area is 132 Å². The van der Waals surface area contributed by atoms with E-state index < -0.39 is 0 Å². The third kappa shape index (κ3) is 3.35. The second-order valence-corrected chi connectivity index (χ2v) is 5.66. The van der Waals surface area contributed by atoms with E-state index in [-0.39, 0.29) is 5.91 Å². The highest BCUT2D eigenvalue weighted by Crippen LogP contribution is 2.21. The number of nitrogens with zero attached hydrogens (tertiary/aromatic N) is 3. The molecule has 0 spiro atoms. The van der Waals surface area contributed by atoms with Crippen molar-refractivity contribution in [2.24, 2.45) is 0 Å². The number of rotatable bonds is 4. The minimum atomic E-state index is -0.246. The van der Waals surface area contributed by atoms with E-state index in [1.54, 1.807) is 6.20 Å². The van der Waals surface area contributed by atoms with Gasteiger partial charge in [-0.2, -0.15) is 0 Å². The number of nitrogens with one attached hydrogen (secondary N) is 1. The summed E-state index contributed by atoms with van der Waals surface area (Å²) in [7, 11) is 0. The summed E-state index contributed by atoms with van der Waals surface area (Å²) in [6.45, 7) is 2.21. The van der Waals surface area contributed by atoms with Gasteiger partial charge in [0.2, 0.25) is 0 Å². The zero-order valence-electron chi connectivity index (χ0n) is 12.0. The lowest BCUT2D eigenvalue weighted by atomic mass is 10.2. The summed E-state index contributed by atoms with van der Waals surface area (Å²) < 4.78 is 0. The van der Waals surface area contributed by atoms with E-state index in [1.165, 1.54) is 17.5 Å². The highest BCUT2D eigenvalue weighted by atomic mass is 32.1. The summed E-state index contributed by atoms with van der Waals surface area (Å²) in [4.78, 5) is 24.6. The molecular weight excluding hydrogens is 296 g/mol. The van der Waals surface area contributed by atoms with Gasteiger partial charge in [-0.15, -0.1) is 11.3 Å². The van der Waals surface area contributed by atoms with E-state index in [1.807, 2.05) is 42.6 Å². The van der Waals surface area contributed by atoms with Crippen LogP contribution in [0.25, 0.3) is 11.3 Å². The van der Waals surface area contributed by atoms with Crippen LogP contribution in [0.5, 0.6) is 0 Å². The fourth-order valence-electron chi connectivity index (χ4n) is 1.89. The number of hydrogen-bond acceptors (Lipinski definition) is 5. The second kappa shape index (κ2) is 6.44. The molecule has 5 nitrogen and oxygen atoms in total. The van der Waals surface area contributed by atoms with Crippen LogP contribution in [-0.2, 0) is 6.54 Å².